The number of carboxylic acid groups (broad SMARTS) is 1. The van der Waals surface area contributed by atoms with E-state index in [4.69, 9.17) is 5.11 Å². The number of carbonyl (C=O) groups excluding carboxylic acids is 1. The highest BCUT2D eigenvalue weighted by atomic mass is 16.4. The molecule has 1 aromatic carbocycles. The highest BCUT2D eigenvalue weighted by molar-refractivity contribution is 6.08. The second kappa shape index (κ2) is 4.73. The van der Waals surface area contributed by atoms with Gasteiger partial charge in [-0.2, -0.15) is 5.10 Å². The van der Waals surface area contributed by atoms with Crippen LogP contribution in [0.3, 0.4) is 0 Å². The quantitative estimate of drug-likeness (QED) is 0.910. The van der Waals surface area contributed by atoms with Crippen molar-refractivity contribution in [2.24, 2.45) is 7.05 Å². The fraction of sp³-hybridized carbons (Fsp3) is 0.267. The number of hydrogen-bond donors (Lipinski definition) is 1. The number of aromatic nitrogens is 2. The summed E-state index contributed by atoms with van der Waals surface area (Å²) in [7, 11) is 1.77. The number of aryl methyl sites for hydroxylation is 2. The Kier molecular flexibility index (Phi) is 3.01. The van der Waals surface area contributed by atoms with Crippen molar-refractivity contribution in [1.82, 2.24) is 9.78 Å². The first kappa shape index (κ1) is 13.4. The van der Waals surface area contributed by atoms with Crippen LogP contribution in [0.25, 0.3) is 0 Å². The van der Waals surface area contributed by atoms with E-state index in [-0.39, 0.29) is 11.5 Å². The van der Waals surface area contributed by atoms with Crippen molar-refractivity contribution < 1.29 is 14.7 Å². The van der Waals surface area contributed by atoms with Gasteiger partial charge in [0.25, 0.3) is 5.91 Å². The zero-order valence-electron chi connectivity index (χ0n) is 11.8. The third-order valence-corrected chi connectivity index (χ3v) is 3.72. The van der Waals surface area contributed by atoms with E-state index in [2.05, 4.69) is 5.10 Å². The fourth-order valence-electron chi connectivity index (χ4n) is 2.68. The van der Waals surface area contributed by atoms with Gasteiger partial charge in [-0.05, 0) is 31.0 Å². The summed E-state index contributed by atoms with van der Waals surface area (Å²) in [6.45, 7) is 2.35. The number of nitrogens with zero attached hydrogens (tertiary/aromatic N) is 3. The van der Waals surface area contributed by atoms with E-state index in [1.54, 1.807) is 47.9 Å². The van der Waals surface area contributed by atoms with Gasteiger partial charge in [0.15, 0.2) is 0 Å². The summed E-state index contributed by atoms with van der Waals surface area (Å²) in [5.74, 6) is -1.13. The van der Waals surface area contributed by atoms with Crippen molar-refractivity contribution in [1.29, 1.82) is 0 Å². The maximum atomic E-state index is 12.7. The maximum Gasteiger partial charge on any atom is 0.335 e. The van der Waals surface area contributed by atoms with Crippen LogP contribution >= 0.6 is 0 Å². The molecular formula is C15H15N3O3. The molecule has 0 fully saturated rings. The minimum atomic E-state index is -0.991. The molecule has 1 amide bonds. The molecule has 6 heteroatoms. The number of carboxylic acids is 1. The molecule has 1 aromatic heterocycles. The molecule has 0 atom stereocenters. The normalized spacial score (nSPS) is 13.3. The Morgan fingerprint density at radius 2 is 2.10 bits per heavy atom. The predicted molar refractivity (Wildman–Crippen MR) is 76.7 cm³/mol. The predicted octanol–water partition coefficient (Wildman–Crippen LogP) is 1.63. The van der Waals surface area contributed by atoms with Crippen LogP contribution in [-0.2, 0) is 13.5 Å². The van der Waals surface area contributed by atoms with Gasteiger partial charge in [-0.15, -0.1) is 0 Å². The Morgan fingerprint density at radius 1 is 1.33 bits per heavy atom. The average Bonchev–Trinajstić information content (AvgIpc) is 3.00. The lowest BCUT2D eigenvalue weighted by atomic mass is 10.1. The minimum absolute atomic E-state index is 0.137. The lowest BCUT2D eigenvalue weighted by Crippen LogP contribution is -2.29. The zero-order valence-corrected chi connectivity index (χ0v) is 11.8. The van der Waals surface area contributed by atoms with Gasteiger partial charge < -0.3 is 10.0 Å². The zero-order chi connectivity index (χ0) is 15.1. The molecule has 0 aliphatic carbocycles. The highest BCUT2D eigenvalue weighted by Gasteiger charge is 2.28. The van der Waals surface area contributed by atoms with E-state index >= 15 is 0 Å². The van der Waals surface area contributed by atoms with Crippen molar-refractivity contribution in [3.05, 3.63) is 46.8 Å². The monoisotopic (exact) mass is 285 g/mol. The van der Waals surface area contributed by atoms with Crippen LogP contribution in [0, 0.1) is 6.92 Å². The van der Waals surface area contributed by atoms with E-state index in [0.29, 0.717) is 23.5 Å². The van der Waals surface area contributed by atoms with E-state index < -0.39 is 5.97 Å². The SMILES string of the molecule is Cc1nn(C)cc1C(=O)N1CCc2ccc(C(=O)O)cc21. The van der Waals surface area contributed by atoms with Crippen molar-refractivity contribution in [2.45, 2.75) is 13.3 Å². The number of hydrogen-bond acceptors (Lipinski definition) is 3. The van der Waals surface area contributed by atoms with Crippen molar-refractivity contribution in [3.8, 4) is 0 Å². The van der Waals surface area contributed by atoms with Crippen molar-refractivity contribution in [3.63, 3.8) is 0 Å². The largest absolute Gasteiger partial charge is 0.478 e. The summed E-state index contributed by atoms with van der Waals surface area (Å²) in [5, 5.41) is 13.3. The van der Waals surface area contributed by atoms with Crippen molar-refractivity contribution in [2.75, 3.05) is 11.4 Å². The summed E-state index contributed by atoms with van der Waals surface area (Å²) < 4.78 is 1.60. The Morgan fingerprint density at radius 3 is 2.71 bits per heavy atom. The molecule has 108 valence electrons. The van der Waals surface area contributed by atoms with Gasteiger partial charge in [0.05, 0.1) is 16.8 Å². The molecule has 0 bridgehead atoms. The highest BCUT2D eigenvalue weighted by Crippen LogP contribution is 2.30. The lowest BCUT2D eigenvalue weighted by molar-refractivity contribution is 0.0696. The standard InChI is InChI=1S/C15H15N3O3/c1-9-12(8-17(2)16-9)14(19)18-6-5-10-3-4-11(15(20)21)7-13(10)18/h3-4,7-8H,5-6H2,1-2H3,(H,20,21). The Hall–Kier alpha value is -2.63. The van der Waals surface area contributed by atoms with Gasteiger partial charge in [-0.1, -0.05) is 6.07 Å². The van der Waals surface area contributed by atoms with E-state index in [1.165, 1.54) is 0 Å². The van der Waals surface area contributed by atoms with Crippen molar-refractivity contribution >= 4 is 17.6 Å². The van der Waals surface area contributed by atoms with E-state index in [0.717, 1.165) is 12.0 Å². The summed E-state index contributed by atoms with van der Waals surface area (Å²) in [4.78, 5) is 25.4. The molecule has 1 aliphatic heterocycles. The molecule has 0 radical (unpaired) electrons. The number of benzene rings is 1. The molecule has 3 rings (SSSR count). The smallest absolute Gasteiger partial charge is 0.335 e. The molecule has 1 N–H and O–H groups in total. The maximum absolute atomic E-state index is 12.7. The van der Waals surface area contributed by atoms with Gasteiger partial charge in [-0.25, -0.2) is 4.79 Å². The van der Waals surface area contributed by atoms with E-state index in [9.17, 15) is 9.59 Å². The second-order valence-electron chi connectivity index (χ2n) is 5.16. The van der Waals surface area contributed by atoms with Gasteiger partial charge in [-0.3, -0.25) is 9.48 Å². The lowest BCUT2D eigenvalue weighted by Gasteiger charge is -2.17. The second-order valence-corrected chi connectivity index (χ2v) is 5.16. The number of amides is 1. The van der Waals surface area contributed by atoms with Crippen LogP contribution in [0.15, 0.2) is 24.4 Å². The Labute approximate surface area is 121 Å². The topological polar surface area (TPSA) is 75.4 Å². The molecule has 2 heterocycles. The van der Waals surface area contributed by atoms with Crippen LogP contribution in [0.5, 0.6) is 0 Å². The van der Waals surface area contributed by atoms with Crippen LogP contribution in [-0.4, -0.2) is 33.3 Å². The molecular weight excluding hydrogens is 270 g/mol. The summed E-state index contributed by atoms with van der Waals surface area (Å²) in [5.41, 5.74) is 3.09. The molecule has 0 spiro atoms. The summed E-state index contributed by atoms with van der Waals surface area (Å²) in [6, 6.07) is 4.92. The first-order valence-electron chi connectivity index (χ1n) is 6.65. The molecule has 1 aliphatic rings. The number of fused-ring (bicyclic) bond motifs is 1. The molecule has 0 saturated carbocycles. The Balaban J connectivity index is 2.00. The number of carbonyl (C=O) groups is 2. The molecule has 21 heavy (non-hydrogen) atoms. The molecule has 2 aromatic rings. The third-order valence-electron chi connectivity index (χ3n) is 3.72. The first-order chi connectivity index (χ1) is 9.97. The third kappa shape index (κ3) is 2.18. The van der Waals surface area contributed by atoms with Crippen LogP contribution in [0.2, 0.25) is 0 Å². The number of anilines is 1. The summed E-state index contributed by atoms with van der Waals surface area (Å²) >= 11 is 0. The molecule has 0 saturated heterocycles. The Bertz CT molecular complexity index is 749. The van der Waals surface area contributed by atoms with Gasteiger partial charge >= 0.3 is 5.97 Å². The van der Waals surface area contributed by atoms with E-state index in [1.807, 2.05) is 0 Å². The van der Waals surface area contributed by atoms with Gasteiger partial charge in [0, 0.05) is 25.5 Å². The average molecular weight is 285 g/mol. The van der Waals surface area contributed by atoms with Crippen LogP contribution in [0.4, 0.5) is 5.69 Å². The first-order valence-corrected chi connectivity index (χ1v) is 6.65. The van der Waals surface area contributed by atoms with Crippen LogP contribution < -0.4 is 4.90 Å². The summed E-state index contributed by atoms with van der Waals surface area (Å²) in [6.07, 6.45) is 2.43. The van der Waals surface area contributed by atoms with Gasteiger partial charge in [0.1, 0.15) is 0 Å². The number of rotatable bonds is 2. The molecule has 6 nitrogen and oxygen atoms in total. The minimum Gasteiger partial charge on any atom is -0.478 e. The van der Waals surface area contributed by atoms with Crippen LogP contribution in [0.1, 0.15) is 32.0 Å². The van der Waals surface area contributed by atoms with Gasteiger partial charge in [0.2, 0.25) is 0 Å². The molecule has 0 unspecified atom stereocenters. The fourth-order valence-corrected chi connectivity index (χ4v) is 2.68. The number of aromatic carboxylic acids is 1.